The molecule has 0 saturated heterocycles. The van der Waals surface area contributed by atoms with Crippen LogP contribution in [0.2, 0.25) is 0 Å². The number of hydrogen-bond donors (Lipinski definition) is 2. The third-order valence-corrected chi connectivity index (χ3v) is 4.86. The van der Waals surface area contributed by atoms with Gasteiger partial charge in [0.2, 0.25) is 0 Å². The van der Waals surface area contributed by atoms with E-state index in [9.17, 15) is 14.4 Å². The van der Waals surface area contributed by atoms with Gasteiger partial charge in [-0.1, -0.05) is 24.3 Å². The van der Waals surface area contributed by atoms with Crippen LogP contribution in [0, 0.1) is 0 Å². The molecule has 0 bridgehead atoms. The molecule has 188 valence electrons. The van der Waals surface area contributed by atoms with E-state index in [-0.39, 0.29) is 12.5 Å². The minimum atomic E-state index is -0.505. The molecule has 0 radical (unpaired) electrons. The number of methoxy groups -OCH3 is 1. The van der Waals surface area contributed by atoms with Gasteiger partial charge in [-0.2, -0.15) is 0 Å². The van der Waals surface area contributed by atoms with E-state index in [1.165, 1.54) is 13.2 Å². The van der Waals surface area contributed by atoms with Crippen molar-refractivity contribution in [3.63, 3.8) is 0 Å². The average Bonchev–Trinajstić information content (AvgIpc) is 2.90. The quantitative estimate of drug-likeness (QED) is 0.378. The lowest BCUT2D eigenvalue weighted by Crippen LogP contribution is -2.21. The number of carbonyl (C=O) groups excluding carboxylic acids is 3. The van der Waals surface area contributed by atoms with E-state index in [0.29, 0.717) is 53.0 Å². The van der Waals surface area contributed by atoms with Gasteiger partial charge in [0.1, 0.15) is 17.2 Å². The van der Waals surface area contributed by atoms with Gasteiger partial charge >= 0.3 is 5.97 Å². The number of hydrogen-bond acceptors (Lipinski definition) is 7. The molecule has 9 nitrogen and oxygen atoms in total. The molecule has 3 rings (SSSR count). The standard InChI is InChI=1S/C27H28N2O7/c1-4-34-23-16-22(29-26(31)18-10-7-6-8-11-18)24(35-5-2)15-21(23)28-25(30)17-36-20-13-9-12-19(14-20)27(32)33-3/h6-16H,4-5,17H2,1-3H3,(H,28,30)(H,29,31). The van der Waals surface area contributed by atoms with E-state index >= 15 is 0 Å². The fourth-order valence-electron chi connectivity index (χ4n) is 3.26. The van der Waals surface area contributed by atoms with Crippen molar-refractivity contribution in [1.82, 2.24) is 0 Å². The van der Waals surface area contributed by atoms with Crippen LogP contribution in [0.3, 0.4) is 0 Å². The highest BCUT2D eigenvalue weighted by Crippen LogP contribution is 2.37. The van der Waals surface area contributed by atoms with Crippen LogP contribution in [-0.2, 0) is 9.53 Å². The number of anilines is 2. The molecule has 0 aromatic heterocycles. The van der Waals surface area contributed by atoms with Gasteiger partial charge < -0.3 is 29.6 Å². The highest BCUT2D eigenvalue weighted by atomic mass is 16.5. The zero-order chi connectivity index (χ0) is 25.9. The van der Waals surface area contributed by atoms with Gasteiger partial charge in [-0.3, -0.25) is 9.59 Å². The maximum Gasteiger partial charge on any atom is 0.337 e. The maximum absolute atomic E-state index is 12.7. The molecule has 0 aliphatic heterocycles. The van der Waals surface area contributed by atoms with E-state index in [2.05, 4.69) is 10.6 Å². The highest BCUT2D eigenvalue weighted by Gasteiger charge is 2.17. The van der Waals surface area contributed by atoms with Crippen molar-refractivity contribution >= 4 is 29.2 Å². The summed E-state index contributed by atoms with van der Waals surface area (Å²) in [6.07, 6.45) is 0. The first kappa shape index (κ1) is 26.1. The number of carbonyl (C=O) groups is 3. The Morgan fingerprint density at radius 2 is 1.33 bits per heavy atom. The summed E-state index contributed by atoms with van der Waals surface area (Å²) >= 11 is 0. The molecule has 0 spiro atoms. The Bertz CT molecular complexity index is 1210. The second-order valence-electron chi connectivity index (χ2n) is 7.39. The molecule has 0 unspecified atom stereocenters. The summed E-state index contributed by atoms with van der Waals surface area (Å²) in [5, 5.41) is 5.59. The van der Waals surface area contributed by atoms with Crippen LogP contribution in [0.4, 0.5) is 11.4 Å². The van der Waals surface area contributed by atoms with Crippen molar-refractivity contribution in [2.24, 2.45) is 0 Å². The van der Waals surface area contributed by atoms with Crippen molar-refractivity contribution in [3.8, 4) is 17.2 Å². The molecule has 0 atom stereocenters. The molecule has 9 heteroatoms. The first-order valence-electron chi connectivity index (χ1n) is 11.4. The van der Waals surface area contributed by atoms with Crippen molar-refractivity contribution in [2.45, 2.75) is 13.8 Å². The van der Waals surface area contributed by atoms with Gasteiger partial charge in [-0.15, -0.1) is 0 Å². The van der Waals surface area contributed by atoms with Gasteiger partial charge in [0.15, 0.2) is 6.61 Å². The van der Waals surface area contributed by atoms with Crippen LogP contribution >= 0.6 is 0 Å². The summed E-state index contributed by atoms with van der Waals surface area (Å²) in [6.45, 7) is 3.98. The van der Waals surface area contributed by atoms with Gasteiger partial charge in [0, 0.05) is 17.7 Å². The number of esters is 1. The molecular weight excluding hydrogens is 464 g/mol. The zero-order valence-corrected chi connectivity index (χ0v) is 20.3. The Labute approximate surface area is 209 Å². The van der Waals surface area contributed by atoms with E-state index in [1.807, 2.05) is 19.9 Å². The fourth-order valence-corrected chi connectivity index (χ4v) is 3.26. The minimum Gasteiger partial charge on any atom is -0.492 e. The number of benzene rings is 3. The molecular formula is C27H28N2O7. The van der Waals surface area contributed by atoms with E-state index in [1.54, 1.807) is 54.6 Å². The van der Waals surface area contributed by atoms with Gasteiger partial charge in [0.05, 0.1) is 37.3 Å². The molecule has 2 amide bonds. The van der Waals surface area contributed by atoms with Gasteiger partial charge in [-0.05, 0) is 44.2 Å². The van der Waals surface area contributed by atoms with Crippen LogP contribution in [0.1, 0.15) is 34.6 Å². The molecule has 0 saturated carbocycles. The van der Waals surface area contributed by atoms with Crippen LogP contribution in [0.15, 0.2) is 66.7 Å². The van der Waals surface area contributed by atoms with Gasteiger partial charge in [-0.25, -0.2) is 4.79 Å². The van der Waals surface area contributed by atoms with Crippen molar-refractivity contribution in [1.29, 1.82) is 0 Å². The lowest BCUT2D eigenvalue weighted by Gasteiger charge is -2.18. The fraction of sp³-hybridized carbons (Fsp3) is 0.222. The number of amides is 2. The third-order valence-electron chi connectivity index (χ3n) is 4.86. The smallest absolute Gasteiger partial charge is 0.337 e. The van der Waals surface area contributed by atoms with E-state index < -0.39 is 11.9 Å². The molecule has 36 heavy (non-hydrogen) atoms. The van der Waals surface area contributed by atoms with Crippen LogP contribution in [0.25, 0.3) is 0 Å². The second-order valence-corrected chi connectivity index (χ2v) is 7.39. The summed E-state index contributed by atoms with van der Waals surface area (Å²) in [7, 11) is 1.29. The number of ether oxygens (including phenoxy) is 4. The Morgan fingerprint density at radius 1 is 0.722 bits per heavy atom. The molecule has 3 aromatic rings. The summed E-state index contributed by atoms with van der Waals surface area (Å²) in [6, 6.07) is 18.3. The largest absolute Gasteiger partial charge is 0.492 e. The number of rotatable bonds is 11. The van der Waals surface area contributed by atoms with E-state index in [4.69, 9.17) is 18.9 Å². The van der Waals surface area contributed by atoms with Crippen LogP contribution in [0.5, 0.6) is 17.2 Å². The maximum atomic E-state index is 12.7. The lowest BCUT2D eigenvalue weighted by molar-refractivity contribution is -0.118. The van der Waals surface area contributed by atoms with Crippen molar-refractivity contribution < 1.29 is 33.3 Å². The monoisotopic (exact) mass is 492 g/mol. The van der Waals surface area contributed by atoms with Crippen molar-refractivity contribution in [2.75, 3.05) is 37.6 Å². The predicted molar refractivity (Wildman–Crippen MR) is 135 cm³/mol. The molecule has 0 fully saturated rings. The summed E-state index contributed by atoms with van der Waals surface area (Å²) < 4.78 is 21.6. The minimum absolute atomic E-state index is 0.307. The van der Waals surface area contributed by atoms with Crippen LogP contribution in [-0.4, -0.2) is 44.7 Å². The SMILES string of the molecule is CCOc1cc(NC(=O)c2ccccc2)c(OCC)cc1NC(=O)COc1cccc(C(=O)OC)c1. The summed E-state index contributed by atoms with van der Waals surface area (Å²) in [5.74, 6) is -0.208. The van der Waals surface area contributed by atoms with Crippen molar-refractivity contribution in [3.05, 3.63) is 77.9 Å². The molecule has 2 N–H and O–H groups in total. The molecule has 3 aromatic carbocycles. The summed E-state index contributed by atoms with van der Waals surface area (Å²) in [5.41, 5.74) is 1.56. The lowest BCUT2D eigenvalue weighted by atomic mass is 10.2. The Balaban J connectivity index is 1.77. The first-order valence-corrected chi connectivity index (χ1v) is 11.4. The van der Waals surface area contributed by atoms with E-state index in [0.717, 1.165) is 0 Å². The van der Waals surface area contributed by atoms with Gasteiger partial charge in [0.25, 0.3) is 11.8 Å². The highest BCUT2D eigenvalue weighted by molar-refractivity contribution is 6.05. The Hall–Kier alpha value is -4.53. The normalized spacial score (nSPS) is 10.2. The third kappa shape index (κ3) is 6.99. The van der Waals surface area contributed by atoms with Crippen LogP contribution < -0.4 is 24.8 Å². The Kier molecular flexibility index (Phi) is 9.27. The number of nitrogens with one attached hydrogen (secondary N) is 2. The first-order chi connectivity index (χ1) is 17.4. The molecule has 0 aliphatic carbocycles. The topological polar surface area (TPSA) is 112 Å². The molecule has 0 heterocycles. The molecule has 0 aliphatic rings. The predicted octanol–water partition coefficient (Wildman–Crippen LogP) is 4.54. The second kappa shape index (κ2) is 12.8. The summed E-state index contributed by atoms with van der Waals surface area (Å²) in [4.78, 5) is 37.0. The Morgan fingerprint density at radius 3 is 1.94 bits per heavy atom. The average molecular weight is 493 g/mol. The zero-order valence-electron chi connectivity index (χ0n) is 20.3.